The summed E-state index contributed by atoms with van der Waals surface area (Å²) in [5.41, 5.74) is 1.15. The highest BCUT2D eigenvalue weighted by Crippen LogP contribution is 2.27. The van der Waals surface area contributed by atoms with Gasteiger partial charge in [0.15, 0.2) is 6.54 Å². The lowest BCUT2D eigenvalue weighted by molar-refractivity contribution is -0.893. The number of rotatable bonds is 4. The number of hydrazone groups is 1. The number of anilines is 1. The topological polar surface area (TPSA) is 54.5 Å². The molecule has 1 atom stereocenters. The van der Waals surface area contributed by atoms with Crippen LogP contribution in [0.2, 0.25) is 0 Å². The summed E-state index contributed by atoms with van der Waals surface area (Å²) in [4.78, 5) is 19.8. The minimum atomic E-state index is 0.0447. The summed E-state index contributed by atoms with van der Waals surface area (Å²) in [7, 11) is 0. The molecular formula is C20H25N5O+2. The highest BCUT2D eigenvalue weighted by atomic mass is 16.2. The van der Waals surface area contributed by atoms with Crippen LogP contribution in [-0.4, -0.2) is 49.9 Å². The van der Waals surface area contributed by atoms with Gasteiger partial charge in [0, 0.05) is 18.7 Å². The largest absolute Gasteiger partial charge is 0.321 e. The fourth-order valence-electron chi connectivity index (χ4n) is 3.72. The standard InChI is InChI=1S/C20H23N5O/c26-20(25-18(9-11-22-25)17-6-2-1-3-7-17)16-23-12-14-24(15-13-23)19-8-4-5-10-21-19/h1-8,10-11,18H,9,12-16H2/p+2/t18-/m0/s1. The van der Waals surface area contributed by atoms with E-state index in [1.165, 1.54) is 4.90 Å². The molecule has 1 aromatic carbocycles. The van der Waals surface area contributed by atoms with Crippen molar-refractivity contribution in [2.75, 3.05) is 37.6 Å². The molecule has 6 nitrogen and oxygen atoms in total. The normalized spacial score (nSPS) is 20.5. The molecule has 2 N–H and O–H groups in total. The molecule has 2 aliphatic rings. The molecule has 3 heterocycles. The summed E-state index contributed by atoms with van der Waals surface area (Å²) < 4.78 is 0. The molecule has 1 fully saturated rings. The Morgan fingerprint density at radius 3 is 2.62 bits per heavy atom. The number of carbonyl (C=O) groups is 1. The number of aromatic nitrogens is 1. The van der Waals surface area contributed by atoms with Gasteiger partial charge in [0.2, 0.25) is 0 Å². The third-order valence-electron chi connectivity index (χ3n) is 5.17. The van der Waals surface area contributed by atoms with Gasteiger partial charge in [0.1, 0.15) is 26.2 Å². The van der Waals surface area contributed by atoms with Crippen molar-refractivity contribution in [2.24, 2.45) is 5.10 Å². The second kappa shape index (κ2) is 7.66. The number of nitrogens with one attached hydrogen (secondary N) is 2. The second-order valence-electron chi connectivity index (χ2n) is 6.86. The lowest BCUT2D eigenvalue weighted by Gasteiger charge is -2.29. The summed E-state index contributed by atoms with van der Waals surface area (Å²) in [6.07, 6.45) is 4.60. The van der Waals surface area contributed by atoms with Crippen LogP contribution in [0, 0.1) is 0 Å². The Balaban J connectivity index is 1.33. The summed E-state index contributed by atoms with van der Waals surface area (Å²) in [6.45, 7) is 4.33. The first-order valence-electron chi connectivity index (χ1n) is 9.26. The zero-order chi connectivity index (χ0) is 17.8. The molecule has 2 aromatic rings. The van der Waals surface area contributed by atoms with Crippen molar-refractivity contribution < 1.29 is 14.7 Å². The van der Waals surface area contributed by atoms with Crippen LogP contribution in [0.5, 0.6) is 0 Å². The van der Waals surface area contributed by atoms with Gasteiger partial charge in [0.05, 0.1) is 12.2 Å². The molecule has 0 saturated carbocycles. The van der Waals surface area contributed by atoms with Crippen molar-refractivity contribution in [2.45, 2.75) is 12.5 Å². The van der Waals surface area contributed by atoms with E-state index in [2.05, 4.69) is 33.2 Å². The summed E-state index contributed by atoms with van der Waals surface area (Å²) in [6, 6.07) is 16.3. The van der Waals surface area contributed by atoms with E-state index >= 15 is 0 Å². The number of carbonyl (C=O) groups excluding carboxylic acids is 1. The second-order valence-corrected chi connectivity index (χ2v) is 6.86. The quantitative estimate of drug-likeness (QED) is 0.854. The van der Waals surface area contributed by atoms with Gasteiger partial charge in [-0.2, -0.15) is 5.10 Å². The number of hydrogen-bond acceptors (Lipinski definition) is 3. The van der Waals surface area contributed by atoms with Gasteiger partial charge in [0.25, 0.3) is 11.7 Å². The van der Waals surface area contributed by atoms with Crippen LogP contribution < -0.4 is 14.8 Å². The van der Waals surface area contributed by atoms with Crippen LogP contribution in [0.4, 0.5) is 5.82 Å². The predicted molar refractivity (Wildman–Crippen MR) is 99.9 cm³/mol. The van der Waals surface area contributed by atoms with Crippen LogP contribution in [0.3, 0.4) is 0 Å². The zero-order valence-corrected chi connectivity index (χ0v) is 14.8. The number of H-pyrrole nitrogens is 1. The molecule has 1 amide bonds. The highest BCUT2D eigenvalue weighted by molar-refractivity contribution is 5.80. The highest BCUT2D eigenvalue weighted by Gasteiger charge is 2.33. The van der Waals surface area contributed by atoms with Gasteiger partial charge in [-0.3, -0.25) is 9.69 Å². The Kier molecular flexibility index (Phi) is 4.93. The van der Waals surface area contributed by atoms with Gasteiger partial charge in [-0.25, -0.2) is 9.99 Å². The minimum absolute atomic E-state index is 0.0447. The number of amides is 1. The number of piperazine rings is 1. The molecule has 0 radical (unpaired) electrons. The summed E-state index contributed by atoms with van der Waals surface area (Å²) in [5.74, 6) is 1.26. The molecule has 1 aromatic heterocycles. The SMILES string of the molecule is O=C(C[NH+]1CCN(c2cccc[nH+]2)CC1)N1N=CC[C@H]1c1ccccc1. The Labute approximate surface area is 153 Å². The number of pyridine rings is 1. The van der Waals surface area contributed by atoms with Gasteiger partial charge in [-0.1, -0.05) is 36.4 Å². The molecule has 2 aliphatic heterocycles. The van der Waals surface area contributed by atoms with Crippen LogP contribution in [-0.2, 0) is 4.79 Å². The minimum Gasteiger partial charge on any atom is -0.321 e. The van der Waals surface area contributed by atoms with Gasteiger partial charge < -0.3 is 4.90 Å². The zero-order valence-electron chi connectivity index (χ0n) is 14.8. The first-order chi connectivity index (χ1) is 12.8. The molecule has 0 unspecified atom stereocenters. The molecular weight excluding hydrogens is 326 g/mol. The molecule has 6 heteroatoms. The van der Waals surface area contributed by atoms with E-state index in [-0.39, 0.29) is 11.9 Å². The molecule has 1 saturated heterocycles. The van der Waals surface area contributed by atoms with Gasteiger partial charge >= 0.3 is 0 Å². The average molecular weight is 351 g/mol. The van der Waals surface area contributed by atoms with Crippen molar-refractivity contribution in [3.05, 3.63) is 60.3 Å². The molecule has 26 heavy (non-hydrogen) atoms. The van der Waals surface area contributed by atoms with Crippen molar-refractivity contribution in [1.29, 1.82) is 0 Å². The Morgan fingerprint density at radius 1 is 1.12 bits per heavy atom. The smallest absolute Gasteiger partial charge is 0.298 e. The first kappa shape index (κ1) is 16.7. The molecule has 0 aliphatic carbocycles. The number of hydrogen-bond donors (Lipinski definition) is 1. The number of quaternary nitrogens is 1. The molecule has 4 rings (SSSR count). The number of aromatic amines is 1. The number of benzene rings is 1. The maximum Gasteiger partial charge on any atom is 0.298 e. The Bertz CT molecular complexity index is 756. The molecule has 0 spiro atoms. The van der Waals surface area contributed by atoms with Crippen LogP contribution in [0.15, 0.2) is 59.8 Å². The lowest BCUT2D eigenvalue weighted by atomic mass is 10.0. The molecule has 134 valence electrons. The first-order valence-corrected chi connectivity index (χ1v) is 9.26. The van der Waals surface area contributed by atoms with E-state index in [9.17, 15) is 4.79 Å². The van der Waals surface area contributed by atoms with Gasteiger partial charge in [-0.15, -0.1) is 0 Å². The van der Waals surface area contributed by atoms with E-state index < -0.39 is 0 Å². The monoisotopic (exact) mass is 351 g/mol. The fraction of sp³-hybridized carbons (Fsp3) is 0.350. The van der Waals surface area contributed by atoms with Crippen molar-refractivity contribution in [3.63, 3.8) is 0 Å². The maximum atomic E-state index is 12.8. The fourth-order valence-corrected chi connectivity index (χ4v) is 3.72. The Hall–Kier alpha value is -2.73. The van der Waals surface area contributed by atoms with Crippen LogP contribution in [0.1, 0.15) is 18.0 Å². The maximum absolute atomic E-state index is 12.8. The average Bonchev–Trinajstić information content (AvgIpc) is 3.20. The number of nitrogens with zero attached hydrogens (tertiary/aromatic N) is 3. The summed E-state index contributed by atoms with van der Waals surface area (Å²) >= 11 is 0. The lowest BCUT2D eigenvalue weighted by Crippen LogP contribution is -3.15. The third kappa shape index (κ3) is 3.60. The van der Waals surface area contributed by atoms with Crippen molar-refractivity contribution in [1.82, 2.24) is 5.01 Å². The predicted octanol–water partition coefficient (Wildman–Crippen LogP) is 0.165. The van der Waals surface area contributed by atoms with Crippen LogP contribution >= 0.6 is 0 Å². The van der Waals surface area contributed by atoms with E-state index in [1.807, 2.05) is 42.7 Å². The van der Waals surface area contributed by atoms with E-state index in [4.69, 9.17) is 0 Å². The van der Waals surface area contributed by atoms with E-state index in [0.717, 1.165) is 44.0 Å². The van der Waals surface area contributed by atoms with Crippen LogP contribution in [0.25, 0.3) is 0 Å². The van der Waals surface area contributed by atoms with Crippen molar-refractivity contribution in [3.8, 4) is 0 Å². The van der Waals surface area contributed by atoms with E-state index in [0.29, 0.717) is 6.54 Å². The van der Waals surface area contributed by atoms with Gasteiger partial charge in [-0.05, 0) is 11.6 Å². The Morgan fingerprint density at radius 2 is 1.88 bits per heavy atom. The third-order valence-corrected chi connectivity index (χ3v) is 5.17. The van der Waals surface area contributed by atoms with E-state index in [1.54, 1.807) is 5.01 Å². The molecule has 0 bridgehead atoms. The van der Waals surface area contributed by atoms with Crippen molar-refractivity contribution >= 4 is 17.9 Å². The summed E-state index contributed by atoms with van der Waals surface area (Å²) in [5, 5.41) is 6.03.